The maximum absolute atomic E-state index is 13.1. The predicted molar refractivity (Wildman–Crippen MR) is 129 cm³/mol. The number of ether oxygens (including phenoxy) is 1. The number of anilines is 1. The van der Waals surface area contributed by atoms with Crippen LogP contribution in [0.2, 0.25) is 0 Å². The Morgan fingerprint density at radius 2 is 1.91 bits per heavy atom. The molecule has 2 heterocycles. The molecular formula is C24H19BrN6O2. The van der Waals surface area contributed by atoms with Crippen LogP contribution in [0.3, 0.4) is 0 Å². The average Bonchev–Trinajstić information content (AvgIpc) is 3.51. The van der Waals surface area contributed by atoms with Crippen LogP contribution < -0.4 is 10.1 Å². The van der Waals surface area contributed by atoms with Crippen molar-refractivity contribution in [2.24, 2.45) is 0 Å². The normalized spacial score (nSPS) is 11.0. The first kappa shape index (κ1) is 20.9. The molecule has 2 aromatic heterocycles. The van der Waals surface area contributed by atoms with Gasteiger partial charge in [-0.15, -0.1) is 10.2 Å². The molecule has 0 radical (unpaired) electrons. The highest BCUT2D eigenvalue weighted by atomic mass is 79.9. The lowest BCUT2D eigenvalue weighted by Gasteiger charge is -2.09. The molecule has 0 atom stereocenters. The number of aromatic amines is 2. The molecule has 9 heteroatoms. The molecule has 0 spiro atoms. The second-order valence-electron chi connectivity index (χ2n) is 7.43. The quantitative estimate of drug-likeness (QED) is 0.304. The van der Waals surface area contributed by atoms with E-state index >= 15 is 0 Å². The Balaban J connectivity index is 1.46. The maximum Gasteiger partial charge on any atom is 0.272 e. The van der Waals surface area contributed by atoms with E-state index in [9.17, 15) is 4.79 Å². The van der Waals surface area contributed by atoms with Crippen molar-refractivity contribution in [1.29, 1.82) is 0 Å². The smallest absolute Gasteiger partial charge is 0.272 e. The van der Waals surface area contributed by atoms with Crippen molar-refractivity contribution < 1.29 is 9.53 Å². The van der Waals surface area contributed by atoms with Gasteiger partial charge >= 0.3 is 0 Å². The molecule has 0 saturated heterocycles. The minimum Gasteiger partial charge on any atom is -0.496 e. The summed E-state index contributed by atoms with van der Waals surface area (Å²) in [7, 11) is 1.67. The first-order valence-corrected chi connectivity index (χ1v) is 11.0. The Labute approximate surface area is 197 Å². The van der Waals surface area contributed by atoms with Crippen molar-refractivity contribution in [3.8, 4) is 17.1 Å². The van der Waals surface area contributed by atoms with Gasteiger partial charge in [0.05, 0.1) is 12.8 Å². The van der Waals surface area contributed by atoms with E-state index < -0.39 is 0 Å². The second kappa shape index (κ2) is 8.87. The number of benzene rings is 3. The molecular weight excluding hydrogens is 484 g/mol. The van der Waals surface area contributed by atoms with E-state index in [1.165, 1.54) is 0 Å². The molecule has 5 aromatic rings. The minimum atomic E-state index is -0.262. The van der Waals surface area contributed by atoms with Crippen LogP contribution in [0.25, 0.3) is 22.3 Å². The van der Waals surface area contributed by atoms with E-state index in [0.717, 1.165) is 32.3 Å². The number of fused-ring (bicyclic) bond motifs is 1. The number of nitrogens with one attached hydrogen (secondary N) is 3. The average molecular weight is 503 g/mol. The first-order chi connectivity index (χ1) is 16.1. The lowest BCUT2D eigenvalue weighted by Crippen LogP contribution is -2.13. The molecule has 0 saturated carbocycles. The van der Waals surface area contributed by atoms with Gasteiger partial charge in [-0.05, 0) is 46.7 Å². The van der Waals surface area contributed by atoms with Crippen LogP contribution in [0.15, 0.2) is 71.2 Å². The number of carbonyl (C=O) groups is 1. The summed E-state index contributed by atoms with van der Waals surface area (Å²) >= 11 is 3.45. The lowest BCUT2D eigenvalue weighted by molar-refractivity contribution is 0.102. The summed E-state index contributed by atoms with van der Waals surface area (Å²) in [5.74, 6) is 0.965. The number of aromatic nitrogens is 5. The Kier molecular flexibility index (Phi) is 5.62. The number of methoxy groups -OCH3 is 1. The van der Waals surface area contributed by atoms with E-state index in [2.05, 4.69) is 52.9 Å². The van der Waals surface area contributed by atoms with Crippen LogP contribution >= 0.6 is 15.9 Å². The standard InChI is InChI=1S/C24H19BrN6O2/c1-33-21-8-3-2-5-14(21)11-15-6-4-7-16-12-20(26-22(15)16)24(32)27-19-10-9-17(25)13-18(19)23-28-30-31-29-23/h2-10,12-13,26H,11H2,1H3,(H,27,32)(H,28,29,30,31). The summed E-state index contributed by atoms with van der Waals surface area (Å²) in [6.45, 7) is 0. The fourth-order valence-electron chi connectivity index (χ4n) is 3.82. The van der Waals surface area contributed by atoms with E-state index in [1.54, 1.807) is 13.2 Å². The van der Waals surface area contributed by atoms with Gasteiger partial charge in [-0.2, -0.15) is 5.21 Å². The zero-order valence-corrected chi connectivity index (χ0v) is 19.2. The summed E-state index contributed by atoms with van der Waals surface area (Å²) < 4.78 is 6.33. The first-order valence-electron chi connectivity index (χ1n) is 10.2. The van der Waals surface area contributed by atoms with Gasteiger partial charge < -0.3 is 15.0 Å². The molecule has 8 nitrogen and oxygen atoms in total. The van der Waals surface area contributed by atoms with Gasteiger partial charge in [-0.1, -0.05) is 52.3 Å². The highest BCUT2D eigenvalue weighted by Gasteiger charge is 2.16. The second-order valence-corrected chi connectivity index (χ2v) is 8.35. The highest BCUT2D eigenvalue weighted by molar-refractivity contribution is 9.10. The Morgan fingerprint density at radius 1 is 1.06 bits per heavy atom. The van der Waals surface area contributed by atoms with Gasteiger partial charge in [0.25, 0.3) is 5.91 Å². The molecule has 0 aliphatic heterocycles. The zero-order chi connectivity index (χ0) is 22.8. The molecule has 0 aliphatic rings. The van der Waals surface area contributed by atoms with E-state index in [0.29, 0.717) is 29.2 Å². The van der Waals surface area contributed by atoms with Crippen molar-refractivity contribution in [2.45, 2.75) is 6.42 Å². The number of rotatable bonds is 6. The summed E-state index contributed by atoms with van der Waals surface area (Å²) in [5.41, 5.74) is 4.76. The van der Waals surface area contributed by atoms with Gasteiger partial charge in [0.1, 0.15) is 11.4 Å². The molecule has 164 valence electrons. The van der Waals surface area contributed by atoms with Crippen molar-refractivity contribution in [2.75, 3.05) is 12.4 Å². The summed E-state index contributed by atoms with van der Waals surface area (Å²) in [4.78, 5) is 16.4. The fraction of sp³-hybridized carbons (Fsp3) is 0.0833. The van der Waals surface area contributed by atoms with E-state index in [1.807, 2.05) is 54.6 Å². The number of amides is 1. The molecule has 0 bridgehead atoms. The van der Waals surface area contributed by atoms with Crippen LogP contribution in [-0.2, 0) is 6.42 Å². The van der Waals surface area contributed by atoms with Crippen molar-refractivity contribution in [3.05, 3.63) is 88.0 Å². The van der Waals surface area contributed by atoms with Crippen LogP contribution in [0, 0.1) is 0 Å². The van der Waals surface area contributed by atoms with E-state index in [-0.39, 0.29) is 5.91 Å². The maximum atomic E-state index is 13.1. The number of halogens is 1. The monoisotopic (exact) mass is 502 g/mol. The number of hydrogen-bond acceptors (Lipinski definition) is 5. The SMILES string of the molecule is COc1ccccc1Cc1cccc2cc(C(=O)Nc3ccc(Br)cc3-c3nn[nH]n3)[nH]c12. The molecule has 3 N–H and O–H groups in total. The third kappa shape index (κ3) is 4.22. The number of tetrazole rings is 1. The number of para-hydroxylation sites is 2. The van der Waals surface area contributed by atoms with Crippen molar-refractivity contribution in [1.82, 2.24) is 25.6 Å². The van der Waals surface area contributed by atoms with Gasteiger partial charge in [0, 0.05) is 27.4 Å². The van der Waals surface area contributed by atoms with Gasteiger partial charge in [-0.3, -0.25) is 4.79 Å². The molecule has 33 heavy (non-hydrogen) atoms. The Bertz CT molecular complexity index is 1440. The molecule has 0 aliphatic carbocycles. The van der Waals surface area contributed by atoms with Crippen molar-refractivity contribution >= 4 is 38.4 Å². The summed E-state index contributed by atoms with van der Waals surface area (Å²) in [6.07, 6.45) is 0.678. The third-order valence-electron chi connectivity index (χ3n) is 5.38. The number of carbonyl (C=O) groups excluding carboxylic acids is 1. The molecule has 0 unspecified atom stereocenters. The fourth-order valence-corrected chi connectivity index (χ4v) is 4.18. The van der Waals surface area contributed by atoms with Crippen LogP contribution in [0.4, 0.5) is 5.69 Å². The number of nitrogens with zero attached hydrogens (tertiary/aromatic N) is 3. The van der Waals surface area contributed by atoms with E-state index in [4.69, 9.17) is 4.74 Å². The molecule has 3 aromatic carbocycles. The number of hydrogen-bond donors (Lipinski definition) is 3. The summed E-state index contributed by atoms with van der Waals surface area (Å²) in [6, 6.07) is 21.3. The largest absolute Gasteiger partial charge is 0.496 e. The Morgan fingerprint density at radius 3 is 2.73 bits per heavy atom. The van der Waals surface area contributed by atoms with Gasteiger partial charge in [0.2, 0.25) is 5.82 Å². The molecule has 0 fully saturated rings. The Hall–Kier alpha value is -3.98. The number of H-pyrrole nitrogens is 2. The summed E-state index contributed by atoms with van der Waals surface area (Å²) in [5, 5.41) is 18.0. The zero-order valence-electron chi connectivity index (χ0n) is 17.6. The van der Waals surface area contributed by atoms with Crippen LogP contribution in [0.1, 0.15) is 21.6 Å². The lowest BCUT2D eigenvalue weighted by atomic mass is 10.0. The molecule has 1 amide bonds. The minimum absolute atomic E-state index is 0.262. The third-order valence-corrected chi connectivity index (χ3v) is 5.87. The van der Waals surface area contributed by atoms with Gasteiger partial charge in [0.15, 0.2) is 0 Å². The van der Waals surface area contributed by atoms with Crippen molar-refractivity contribution in [3.63, 3.8) is 0 Å². The van der Waals surface area contributed by atoms with Crippen LogP contribution in [-0.4, -0.2) is 38.6 Å². The van der Waals surface area contributed by atoms with Crippen LogP contribution in [0.5, 0.6) is 5.75 Å². The molecule has 5 rings (SSSR count). The highest BCUT2D eigenvalue weighted by Crippen LogP contribution is 2.30. The predicted octanol–water partition coefficient (Wildman–Crippen LogP) is 4.96. The van der Waals surface area contributed by atoms with Gasteiger partial charge in [-0.25, -0.2) is 0 Å². The topological polar surface area (TPSA) is 109 Å².